The van der Waals surface area contributed by atoms with Crippen LogP contribution < -0.4 is 5.32 Å². The first kappa shape index (κ1) is 33.9. The highest BCUT2D eigenvalue weighted by atomic mass is 35.5. The van der Waals surface area contributed by atoms with Crippen LogP contribution in [0.15, 0.2) is 107 Å². The van der Waals surface area contributed by atoms with E-state index in [0.29, 0.717) is 49.9 Å². The fraction of sp³-hybridized carbons (Fsp3) is 0.243. The number of benzene rings is 4. The number of likely N-dealkylation sites (N-methyl/N-ethyl adjacent to an activating group) is 1. The van der Waals surface area contributed by atoms with Gasteiger partial charge in [-0.15, -0.1) is 0 Å². The molecule has 48 heavy (non-hydrogen) atoms. The minimum Gasteiger partial charge on any atom is -0.364 e. The van der Waals surface area contributed by atoms with Gasteiger partial charge in [0, 0.05) is 44.3 Å². The van der Waals surface area contributed by atoms with E-state index in [1.807, 2.05) is 12.1 Å². The summed E-state index contributed by atoms with van der Waals surface area (Å²) in [5.41, 5.74) is 5.71. The summed E-state index contributed by atoms with van der Waals surface area (Å²) in [6.07, 6.45) is 4.71. The van der Waals surface area contributed by atoms with Crippen LogP contribution in [0.2, 0.25) is 10.0 Å². The standard InChI is InChI=1S/C22H26N2O2S.C15H10Cl2N2O2/c1-24-12-5-6-19(24)15-18-16-23-22-10-9-17(14-21(18)22)11-13-27(25,26)20-7-3-2-4-8-20;16-8-5-6-12-10(7-8)13(19-15(21)14(20)18-12)9-3-1-2-4-11(9)17/h2-4,7-10,14,16,19,23H,5-6,11-13,15H2,1H3;1-7,15,21H,(H,18,20)/t19-;/m1./s1. The third-order valence-electron chi connectivity index (χ3n) is 8.83. The molecule has 5 aromatic rings. The molecule has 248 valence electrons. The Hall–Kier alpha value is -3.99. The number of aliphatic hydroxyl groups excluding tert-OH is 1. The number of amides is 1. The Kier molecular flexibility index (Phi) is 10.3. The second-order valence-electron chi connectivity index (χ2n) is 12.1. The lowest BCUT2D eigenvalue weighted by Crippen LogP contribution is -2.26. The van der Waals surface area contributed by atoms with Gasteiger partial charge in [-0.25, -0.2) is 13.4 Å². The first-order chi connectivity index (χ1) is 23.1. The average molecular weight is 704 g/mol. The highest BCUT2D eigenvalue weighted by molar-refractivity contribution is 7.91. The van der Waals surface area contributed by atoms with E-state index >= 15 is 0 Å². The molecule has 8 nitrogen and oxygen atoms in total. The van der Waals surface area contributed by atoms with Crippen molar-refractivity contribution in [3.63, 3.8) is 0 Å². The number of sulfone groups is 1. The number of rotatable bonds is 7. The van der Waals surface area contributed by atoms with E-state index in [9.17, 15) is 18.3 Å². The molecule has 2 aliphatic rings. The second-order valence-corrected chi connectivity index (χ2v) is 15.0. The third kappa shape index (κ3) is 7.66. The third-order valence-corrected chi connectivity index (χ3v) is 11.1. The van der Waals surface area contributed by atoms with Crippen molar-refractivity contribution in [3.8, 4) is 0 Å². The van der Waals surface area contributed by atoms with Crippen LogP contribution in [0.3, 0.4) is 0 Å². The van der Waals surface area contributed by atoms with E-state index in [-0.39, 0.29) is 5.75 Å². The minimum absolute atomic E-state index is 0.133. The molecule has 3 heterocycles. The van der Waals surface area contributed by atoms with Crippen molar-refractivity contribution in [2.75, 3.05) is 24.7 Å². The zero-order valence-electron chi connectivity index (χ0n) is 26.4. The molecular formula is C37H36Cl2N4O4S. The Morgan fingerprint density at radius 1 is 0.958 bits per heavy atom. The van der Waals surface area contributed by atoms with Crippen molar-refractivity contribution in [1.29, 1.82) is 0 Å². The Morgan fingerprint density at radius 3 is 2.48 bits per heavy atom. The zero-order chi connectivity index (χ0) is 33.8. The molecule has 2 atom stereocenters. The van der Waals surface area contributed by atoms with Crippen molar-refractivity contribution >= 4 is 61.2 Å². The predicted molar refractivity (Wildman–Crippen MR) is 193 cm³/mol. The number of nitrogens with one attached hydrogen (secondary N) is 2. The summed E-state index contributed by atoms with van der Waals surface area (Å²) >= 11 is 12.2. The van der Waals surface area contributed by atoms with E-state index in [1.165, 1.54) is 30.3 Å². The Balaban J connectivity index is 0.000000173. The van der Waals surface area contributed by atoms with Crippen molar-refractivity contribution < 1.29 is 18.3 Å². The number of H-pyrrole nitrogens is 1. The lowest BCUT2D eigenvalue weighted by Gasteiger charge is -2.18. The van der Waals surface area contributed by atoms with Gasteiger partial charge in [0.05, 0.1) is 22.0 Å². The molecule has 3 N–H and O–H groups in total. The van der Waals surface area contributed by atoms with Crippen molar-refractivity contribution in [2.24, 2.45) is 4.99 Å². The quantitative estimate of drug-likeness (QED) is 0.170. The number of nitrogens with zero attached hydrogens (tertiary/aromatic N) is 2. The summed E-state index contributed by atoms with van der Waals surface area (Å²) in [4.78, 5) is 22.1. The van der Waals surface area contributed by atoms with Crippen LogP contribution >= 0.6 is 23.2 Å². The number of carbonyl (C=O) groups is 1. The van der Waals surface area contributed by atoms with Crippen molar-refractivity contribution in [2.45, 2.75) is 42.8 Å². The van der Waals surface area contributed by atoms with Gasteiger partial charge < -0.3 is 20.3 Å². The first-order valence-electron chi connectivity index (χ1n) is 15.8. The van der Waals surface area contributed by atoms with Gasteiger partial charge in [0.2, 0.25) is 6.23 Å². The van der Waals surface area contributed by atoms with Gasteiger partial charge in [-0.1, -0.05) is 65.7 Å². The predicted octanol–water partition coefficient (Wildman–Crippen LogP) is 6.92. The maximum absolute atomic E-state index is 12.5. The molecule has 1 aromatic heterocycles. The number of fused-ring (bicyclic) bond motifs is 2. The van der Waals surface area contributed by atoms with Crippen LogP contribution in [0.4, 0.5) is 5.69 Å². The molecule has 1 saturated heterocycles. The molecule has 0 radical (unpaired) electrons. The number of hydrogen-bond donors (Lipinski definition) is 3. The summed E-state index contributed by atoms with van der Waals surface area (Å²) in [6, 6.07) is 27.7. The van der Waals surface area contributed by atoms with Crippen molar-refractivity contribution in [3.05, 3.63) is 129 Å². The fourth-order valence-corrected chi connectivity index (χ4v) is 7.89. The van der Waals surface area contributed by atoms with Gasteiger partial charge in [-0.2, -0.15) is 0 Å². The number of likely N-dealkylation sites (tertiary alicyclic amines) is 1. The first-order valence-corrected chi connectivity index (χ1v) is 18.2. The molecule has 1 amide bonds. The Bertz CT molecular complexity index is 2080. The van der Waals surface area contributed by atoms with Gasteiger partial charge in [0.25, 0.3) is 5.91 Å². The molecule has 0 spiro atoms. The van der Waals surface area contributed by atoms with E-state index in [0.717, 1.165) is 17.5 Å². The molecule has 0 aliphatic carbocycles. The lowest BCUT2D eigenvalue weighted by molar-refractivity contribution is -0.123. The molecule has 2 aliphatic heterocycles. The molecule has 4 aromatic carbocycles. The number of anilines is 1. The number of aliphatic hydroxyl groups is 1. The van der Waals surface area contributed by atoms with E-state index in [1.54, 1.807) is 66.7 Å². The monoisotopic (exact) mass is 702 g/mol. The summed E-state index contributed by atoms with van der Waals surface area (Å²) in [5.74, 6) is -0.464. The number of aromatic amines is 1. The molecular weight excluding hydrogens is 667 g/mol. The van der Waals surface area contributed by atoms with Gasteiger partial charge in [-0.3, -0.25) is 4.79 Å². The SMILES string of the molecule is CN1CCC[C@@H]1Cc1c[nH]c2ccc(CCS(=O)(=O)c3ccccc3)cc12.O=C1Nc2ccc(Cl)cc2C(c2ccccc2Cl)=NC1O. The number of aryl methyl sites for hydroxylation is 1. The number of halogens is 2. The van der Waals surface area contributed by atoms with Crippen molar-refractivity contribution in [1.82, 2.24) is 9.88 Å². The van der Waals surface area contributed by atoms with E-state index < -0.39 is 22.0 Å². The van der Waals surface area contributed by atoms with Crippen LogP contribution in [-0.4, -0.2) is 66.6 Å². The summed E-state index contributed by atoms with van der Waals surface area (Å²) in [5, 5.41) is 14.7. The maximum Gasteiger partial charge on any atom is 0.276 e. The largest absolute Gasteiger partial charge is 0.364 e. The van der Waals surface area contributed by atoms with E-state index in [2.05, 4.69) is 45.6 Å². The van der Waals surface area contributed by atoms with Gasteiger partial charge >= 0.3 is 0 Å². The van der Waals surface area contributed by atoms with Gasteiger partial charge in [0.15, 0.2) is 9.84 Å². The zero-order valence-corrected chi connectivity index (χ0v) is 28.7. The normalized spacial score (nSPS) is 18.0. The Morgan fingerprint density at radius 2 is 1.73 bits per heavy atom. The minimum atomic E-state index is -3.25. The van der Waals surface area contributed by atoms with Crippen LogP contribution in [-0.2, 0) is 27.5 Å². The van der Waals surface area contributed by atoms with Crippen LogP contribution in [0.25, 0.3) is 10.9 Å². The lowest BCUT2D eigenvalue weighted by atomic mass is 10.0. The van der Waals surface area contributed by atoms with Crippen LogP contribution in [0, 0.1) is 0 Å². The highest BCUT2D eigenvalue weighted by Crippen LogP contribution is 2.30. The highest BCUT2D eigenvalue weighted by Gasteiger charge is 2.25. The van der Waals surface area contributed by atoms with Gasteiger partial charge in [-0.05, 0) is 98.9 Å². The van der Waals surface area contributed by atoms with E-state index in [4.69, 9.17) is 23.2 Å². The summed E-state index contributed by atoms with van der Waals surface area (Å²) < 4.78 is 25.1. The topological polar surface area (TPSA) is 115 Å². The molecule has 7 rings (SSSR count). The maximum atomic E-state index is 12.5. The number of benzodiazepines with no additional fused rings is 1. The molecule has 0 bridgehead atoms. The molecule has 11 heteroatoms. The molecule has 0 saturated carbocycles. The summed E-state index contributed by atoms with van der Waals surface area (Å²) in [7, 11) is -1.05. The van der Waals surface area contributed by atoms with Crippen LogP contribution in [0.5, 0.6) is 0 Å². The van der Waals surface area contributed by atoms with Gasteiger partial charge in [0.1, 0.15) is 0 Å². The number of carbonyl (C=O) groups excluding carboxylic acids is 1. The molecule has 1 unspecified atom stereocenters. The fourth-order valence-electron chi connectivity index (χ4n) is 6.18. The smallest absolute Gasteiger partial charge is 0.276 e. The molecule has 1 fully saturated rings. The number of aromatic nitrogens is 1. The summed E-state index contributed by atoms with van der Waals surface area (Å²) in [6.45, 7) is 1.18. The second kappa shape index (κ2) is 14.6. The van der Waals surface area contributed by atoms with Crippen LogP contribution in [0.1, 0.15) is 35.1 Å². The number of hydrogen-bond acceptors (Lipinski definition) is 6. The number of aliphatic imine (C=N–C) groups is 1. The Labute approximate surface area is 290 Å². The average Bonchev–Trinajstić information content (AvgIpc) is 3.66.